The van der Waals surface area contributed by atoms with Crippen molar-refractivity contribution >= 4 is 23.2 Å². The number of nitrogens with one attached hydrogen (secondary N) is 2. The Kier molecular flexibility index (Phi) is 4.91. The van der Waals surface area contributed by atoms with Gasteiger partial charge in [0, 0.05) is 11.4 Å². The number of carbonyl (C=O) groups excluding carboxylic acids is 2. The number of aryl methyl sites for hydroxylation is 2. The maximum absolute atomic E-state index is 12.0. The summed E-state index contributed by atoms with van der Waals surface area (Å²) >= 11 is 0. The fourth-order valence-electron chi connectivity index (χ4n) is 1.83. The van der Waals surface area contributed by atoms with Crippen LogP contribution in [-0.4, -0.2) is 17.9 Å². The lowest BCUT2D eigenvalue weighted by Crippen LogP contribution is -2.45. The maximum Gasteiger partial charge on any atom is 0.251 e. The molecule has 2 aromatic carbocycles. The van der Waals surface area contributed by atoms with Crippen molar-refractivity contribution in [3.63, 3.8) is 0 Å². The summed E-state index contributed by atoms with van der Waals surface area (Å²) in [6, 6.07) is 13.2. The Hall–Kier alpha value is -2.66. The third kappa shape index (κ3) is 4.17. The number of benzene rings is 2. The van der Waals surface area contributed by atoms with Crippen LogP contribution in [0.1, 0.15) is 11.1 Å². The molecule has 0 heterocycles. The van der Waals surface area contributed by atoms with Crippen LogP contribution >= 0.6 is 0 Å². The monoisotopic (exact) mass is 297 g/mol. The molecule has 4 N–H and O–H groups in total. The molecule has 0 bridgehead atoms. The van der Waals surface area contributed by atoms with Gasteiger partial charge in [-0.25, -0.2) is 0 Å². The average molecular weight is 297 g/mol. The molecule has 114 valence electrons. The van der Waals surface area contributed by atoms with Gasteiger partial charge in [0.1, 0.15) is 0 Å². The quantitative estimate of drug-likeness (QED) is 0.756. The van der Waals surface area contributed by atoms with Gasteiger partial charge < -0.3 is 16.4 Å². The smallest absolute Gasteiger partial charge is 0.251 e. The molecule has 0 radical (unpaired) electrons. The SMILES string of the molecule is Cc1ccc(NC(=O)C(N)C(=O)Nc2ccc(C)cc2)cc1. The molecule has 0 fully saturated rings. The van der Waals surface area contributed by atoms with Crippen molar-refractivity contribution < 1.29 is 9.59 Å². The fourth-order valence-corrected chi connectivity index (χ4v) is 1.83. The molecule has 0 aromatic heterocycles. The van der Waals surface area contributed by atoms with Crippen LogP contribution < -0.4 is 16.4 Å². The van der Waals surface area contributed by atoms with Gasteiger partial charge in [0.2, 0.25) is 0 Å². The number of amides is 2. The van der Waals surface area contributed by atoms with E-state index in [2.05, 4.69) is 10.6 Å². The topological polar surface area (TPSA) is 84.2 Å². The summed E-state index contributed by atoms with van der Waals surface area (Å²) in [5, 5.41) is 5.24. The van der Waals surface area contributed by atoms with Crippen molar-refractivity contribution in [3.8, 4) is 0 Å². The first-order valence-electron chi connectivity index (χ1n) is 6.96. The highest BCUT2D eigenvalue weighted by atomic mass is 16.2. The van der Waals surface area contributed by atoms with E-state index in [1.165, 1.54) is 0 Å². The number of hydrogen-bond donors (Lipinski definition) is 3. The Labute approximate surface area is 129 Å². The highest BCUT2D eigenvalue weighted by molar-refractivity contribution is 6.14. The summed E-state index contributed by atoms with van der Waals surface area (Å²) in [4.78, 5) is 24.0. The van der Waals surface area contributed by atoms with E-state index < -0.39 is 17.9 Å². The molecule has 0 aliphatic heterocycles. The Morgan fingerprint density at radius 3 is 1.41 bits per heavy atom. The third-order valence-corrected chi connectivity index (χ3v) is 3.20. The highest BCUT2D eigenvalue weighted by Gasteiger charge is 2.22. The molecule has 0 saturated heterocycles. The molecule has 2 aromatic rings. The van der Waals surface area contributed by atoms with E-state index in [1.807, 2.05) is 38.1 Å². The molecule has 5 heteroatoms. The van der Waals surface area contributed by atoms with Crippen molar-refractivity contribution in [2.75, 3.05) is 10.6 Å². The maximum atomic E-state index is 12.0. The molecule has 0 aliphatic rings. The Bertz CT molecular complexity index is 604. The number of anilines is 2. The van der Waals surface area contributed by atoms with Crippen LogP contribution in [0.3, 0.4) is 0 Å². The van der Waals surface area contributed by atoms with Gasteiger partial charge in [0.25, 0.3) is 11.8 Å². The standard InChI is InChI=1S/C17H19N3O2/c1-11-3-7-13(8-4-11)19-16(21)15(18)17(22)20-14-9-5-12(2)6-10-14/h3-10,15H,18H2,1-2H3,(H,19,21)(H,20,22). The van der Waals surface area contributed by atoms with Gasteiger partial charge >= 0.3 is 0 Å². The lowest BCUT2D eigenvalue weighted by Gasteiger charge is -2.13. The Morgan fingerprint density at radius 1 is 0.773 bits per heavy atom. The zero-order valence-corrected chi connectivity index (χ0v) is 12.6. The van der Waals surface area contributed by atoms with Crippen molar-refractivity contribution in [1.29, 1.82) is 0 Å². The summed E-state index contributed by atoms with van der Waals surface area (Å²) in [5.74, 6) is -1.10. The van der Waals surface area contributed by atoms with Crippen molar-refractivity contribution in [2.45, 2.75) is 19.9 Å². The molecular weight excluding hydrogens is 278 g/mol. The number of hydrogen-bond acceptors (Lipinski definition) is 3. The fraction of sp³-hybridized carbons (Fsp3) is 0.176. The molecule has 0 unspecified atom stereocenters. The zero-order valence-electron chi connectivity index (χ0n) is 12.6. The van der Waals surface area contributed by atoms with E-state index in [0.29, 0.717) is 11.4 Å². The van der Waals surface area contributed by atoms with Gasteiger partial charge in [-0.1, -0.05) is 35.4 Å². The van der Waals surface area contributed by atoms with Crippen molar-refractivity contribution in [1.82, 2.24) is 0 Å². The van der Waals surface area contributed by atoms with E-state index in [1.54, 1.807) is 24.3 Å². The van der Waals surface area contributed by atoms with E-state index >= 15 is 0 Å². The van der Waals surface area contributed by atoms with Crippen LogP contribution in [0.4, 0.5) is 11.4 Å². The first-order chi connectivity index (χ1) is 10.5. The summed E-state index contributed by atoms with van der Waals surface area (Å²) in [5.41, 5.74) is 9.07. The minimum atomic E-state index is -1.28. The second-order valence-corrected chi connectivity index (χ2v) is 5.19. The molecule has 0 aliphatic carbocycles. The van der Waals surface area contributed by atoms with Gasteiger partial charge in [-0.05, 0) is 38.1 Å². The molecule has 5 nitrogen and oxygen atoms in total. The first-order valence-corrected chi connectivity index (χ1v) is 6.96. The second-order valence-electron chi connectivity index (χ2n) is 5.19. The number of nitrogens with two attached hydrogens (primary N) is 1. The van der Waals surface area contributed by atoms with Gasteiger partial charge in [-0.15, -0.1) is 0 Å². The molecule has 0 spiro atoms. The molecular formula is C17H19N3O2. The van der Waals surface area contributed by atoms with Crippen LogP contribution in [0.2, 0.25) is 0 Å². The van der Waals surface area contributed by atoms with Crippen molar-refractivity contribution in [3.05, 3.63) is 59.7 Å². The van der Waals surface area contributed by atoms with Gasteiger partial charge in [-0.3, -0.25) is 9.59 Å². The highest BCUT2D eigenvalue weighted by Crippen LogP contribution is 2.10. The van der Waals surface area contributed by atoms with Crippen LogP contribution in [0.5, 0.6) is 0 Å². The summed E-state index contributed by atoms with van der Waals surface area (Å²) in [6.07, 6.45) is 0. The minimum Gasteiger partial charge on any atom is -0.324 e. The largest absolute Gasteiger partial charge is 0.324 e. The Morgan fingerprint density at radius 2 is 1.09 bits per heavy atom. The third-order valence-electron chi connectivity index (χ3n) is 3.20. The molecule has 0 saturated carbocycles. The predicted molar refractivity (Wildman–Crippen MR) is 87.6 cm³/mol. The summed E-state index contributed by atoms with van der Waals surface area (Å²) in [7, 11) is 0. The van der Waals surface area contributed by atoms with Gasteiger partial charge in [0.05, 0.1) is 0 Å². The summed E-state index contributed by atoms with van der Waals surface area (Å²) < 4.78 is 0. The van der Waals surface area contributed by atoms with Crippen LogP contribution in [0.15, 0.2) is 48.5 Å². The first kappa shape index (κ1) is 15.7. The summed E-state index contributed by atoms with van der Waals surface area (Å²) in [6.45, 7) is 3.90. The van der Waals surface area contributed by atoms with Crippen molar-refractivity contribution in [2.24, 2.45) is 5.73 Å². The lowest BCUT2D eigenvalue weighted by molar-refractivity contribution is -0.125. The van der Waals surface area contributed by atoms with E-state index in [-0.39, 0.29) is 0 Å². The van der Waals surface area contributed by atoms with Gasteiger partial charge in [-0.2, -0.15) is 0 Å². The van der Waals surface area contributed by atoms with Crippen LogP contribution in [0.25, 0.3) is 0 Å². The lowest BCUT2D eigenvalue weighted by atomic mass is 10.2. The average Bonchev–Trinajstić information content (AvgIpc) is 2.51. The molecule has 0 atom stereocenters. The molecule has 2 rings (SSSR count). The van der Waals surface area contributed by atoms with Gasteiger partial charge in [0.15, 0.2) is 6.04 Å². The van der Waals surface area contributed by atoms with Crippen LogP contribution in [0, 0.1) is 13.8 Å². The Balaban J connectivity index is 1.95. The normalized spacial score (nSPS) is 10.4. The second kappa shape index (κ2) is 6.87. The van der Waals surface area contributed by atoms with E-state index in [9.17, 15) is 9.59 Å². The number of carbonyl (C=O) groups is 2. The molecule has 2 amide bonds. The number of rotatable bonds is 4. The minimum absolute atomic E-state index is 0.548. The predicted octanol–water partition coefficient (Wildman–Crippen LogP) is 2.21. The van der Waals surface area contributed by atoms with E-state index in [0.717, 1.165) is 11.1 Å². The van der Waals surface area contributed by atoms with E-state index in [4.69, 9.17) is 5.73 Å². The zero-order chi connectivity index (χ0) is 16.1. The van der Waals surface area contributed by atoms with Crippen LogP contribution in [-0.2, 0) is 9.59 Å². The molecule has 22 heavy (non-hydrogen) atoms.